The molecule has 3 aromatic heterocycles. The second kappa shape index (κ2) is 73.4. The van der Waals surface area contributed by atoms with E-state index >= 15 is 0 Å². The Kier molecular flexibility index (Phi) is 60.6. The highest BCUT2D eigenvalue weighted by atomic mass is 16.7. The SMILES string of the molecule is CCCCCCCCCCCCCCCCc1cc2c3nc4nc(nc5[nH]c(nc6nc(nc([nH]3)c2cc1CCCCCCCCCCCCCCCC)-c1cc(OCOCCOCCOCC)c(OCOCCOCCOCC)cc1-6)c1cc(OCOCCOCCOCC)c(OCOCCOCCOCC)cc51)-c1cc(OCOCCOCCOCC)c(OCOCCOCCOCC)cc1-4. The number of unbranched alkanes of at least 4 members (excludes halogenated alkanes) is 26. The minimum atomic E-state index is -0.185. The van der Waals surface area contributed by atoms with Gasteiger partial charge in [-0.25, -0.2) is 29.9 Å². The average molecular weight is 1940 g/mol. The Hall–Kier alpha value is -7.68. The maximum absolute atomic E-state index is 6.61. The largest absolute Gasteiger partial charge is 0.464 e. The maximum atomic E-state index is 6.61. The van der Waals surface area contributed by atoms with Crippen molar-refractivity contribution in [2.24, 2.45) is 0 Å². The predicted molar refractivity (Wildman–Crippen MR) is 537 cm³/mol. The van der Waals surface area contributed by atoms with Crippen molar-refractivity contribution in [1.82, 2.24) is 39.9 Å². The number of H-pyrrole nitrogens is 2. The highest BCUT2D eigenvalue weighted by molar-refractivity contribution is 6.08. The number of aromatic nitrogens is 8. The van der Waals surface area contributed by atoms with Crippen LogP contribution < -0.4 is 28.4 Å². The third-order valence-electron chi connectivity index (χ3n) is 23.4. The number of aryl methyl sites for hydroxylation is 2. The molecule has 2 aliphatic heterocycles. The van der Waals surface area contributed by atoms with Crippen LogP contribution in [0.15, 0.2) is 48.5 Å². The number of aromatic amines is 2. The first-order valence-electron chi connectivity index (χ1n) is 52.0. The summed E-state index contributed by atoms with van der Waals surface area (Å²) in [6.45, 7) is 27.4. The van der Waals surface area contributed by atoms with E-state index in [0.29, 0.717) is 260 Å². The van der Waals surface area contributed by atoms with E-state index < -0.39 is 0 Å². The highest BCUT2D eigenvalue weighted by Crippen LogP contribution is 2.46. The zero-order valence-electron chi connectivity index (χ0n) is 84.8. The van der Waals surface area contributed by atoms with E-state index in [-0.39, 0.29) is 92.0 Å². The van der Waals surface area contributed by atoms with Crippen LogP contribution in [-0.2, 0) is 98.1 Å². The van der Waals surface area contributed by atoms with E-state index in [2.05, 4.69) is 35.9 Å². The monoisotopic (exact) mass is 1940 g/mol. The van der Waals surface area contributed by atoms with Crippen LogP contribution in [-0.4, -0.2) is 279 Å². The van der Waals surface area contributed by atoms with E-state index in [9.17, 15) is 0 Å². The van der Waals surface area contributed by atoms with Crippen molar-refractivity contribution in [3.05, 3.63) is 59.7 Å². The first-order chi connectivity index (χ1) is 68.3. The molecule has 0 saturated heterocycles. The number of hydrogen-bond acceptors (Lipinski definition) is 30. The lowest BCUT2D eigenvalue weighted by atomic mass is 9.94. The van der Waals surface area contributed by atoms with Crippen molar-refractivity contribution in [2.75, 3.05) is 239 Å². The molecule has 2 N–H and O–H groups in total. The summed E-state index contributed by atoms with van der Waals surface area (Å²) in [4.78, 5) is 40.9. The van der Waals surface area contributed by atoms with Gasteiger partial charge in [0.2, 0.25) is 0 Å². The van der Waals surface area contributed by atoms with Crippen LogP contribution in [0.4, 0.5) is 0 Å². The number of fused-ring (bicyclic) bond motifs is 20. The topological polar surface area (TPSA) is 330 Å². The molecule has 0 saturated carbocycles. The summed E-state index contributed by atoms with van der Waals surface area (Å²) in [6.07, 6.45) is 37.5. The lowest BCUT2D eigenvalue weighted by Gasteiger charge is -2.15. The molecule has 7 aromatic rings. The normalized spacial score (nSPS) is 11.9. The van der Waals surface area contributed by atoms with Gasteiger partial charge < -0.3 is 124 Å². The summed E-state index contributed by atoms with van der Waals surface area (Å²) in [7, 11) is 0. The molecular weight excluding hydrogens is 1770 g/mol. The first-order valence-corrected chi connectivity index (χ1v) is 52.0. The minimum absolute atomic E-state index is 0.161. The molecule has 0 fully saturated rings. The van der Waals surface area contributed by atoms with Gasteiger partial charge in [-0.3, -0.25) is 0 Å². The Morgan fingerprint density at radius 2 is 0.355 bits per heavy atom. The molecule has 8 bridgehead atoms. The number of benzene rings is 4. The number of rotatable bonds is 90. The Labute approximate surface area is 820 Å². The molecule has 0 aliphatic carbocycles. The summed E-state index contributed by atoms with van der Waals surface area (Å²) < 4.78 is 144. The molecule has 9 rings (SSSR count). The van der Waals surface area contributed by atoms with Crippen LogP contribution in [0.25, 0.3) is 89.7 Å². The van der Waals surface area contributed by atoms with E-state index in [1.54, 1.807) is 0 Å². The highest BCUT2D eigenvalue weighted by Gasteiger charge is 2.29. The van der Waals surface area contributed by atoms with Crippen LogP contribution in [0.5, 0.6) is 34.5 Å². The summed E-state index contributed by atoms with van der Waals surface area (Å²) >= 11 is 0. The van der Waals surface area contributed by atoms with Crippen LogP contribution in [0.3, 0.4) is 0 Å². The lowest BCUT2D eigenvalue weighted by Crippen LogP contribution is -2.13. The molecule has 0 unspecified atom stereocenters. The third kappa shape index (κ3) is 43.6. The quantitative estimate of drug-likeness (QED) is 0.0264. The van der Waals surface area contributed by atoms with Gasteiger partial charge in [-0.15, -0.1) is 0 Å². The Morgan fingerprint density at radius 1 is 0.181 bits per heavy atom. The predicted octanol–water partition coefficient (Wildman–Crippen LogP) is 21.4. The fourth-order valence-electron chi connectivity index (χ4n) is 16.0. The minimum Gasteiger partial charge on any atom is -0.464 e. The van der Waals surface area contributed by atoms with Crippen LogP contribution in [0.2, 0.25) is 0 Å². The molecule has 32 nitrogen and oxygen atoms in total. The zero-order valence-corrected chi connectivity index (χ0v) is 84.8. The molecule has 0 radical (unpaired) electrons. The Bertz CT molecular complexity index is 4100. The molecule has 2 aliphatic rings. The number of nitrogens with zero attached hydrogens (tertiary/aromatic N) is 6. The number of nitrogens with one attached hydrogen (secondary N) is 2. The van der Waals surface area contributed by atoms with E-state index in [0.717, 1.165) is 49.3 Å². The average Bonchev–Trinajstić information content (AvgIpc) is 1.59. The van der Waals surface area contributed by atoms with Gasteiger partial charge in [0.05, 0.1) is 159 Å². The van der Waals surface area contributed by atoms with Gasteiger partial charge in [-0.05, 0) is 127 Å². The molecule has 138 heavy (non-hydrogen) atoms. The Morgan fingerprint density at radius 3 is 0.558 bits per heavy atom. The number of ether oxygens (including phenoxy) is 24. The van der Waals surface area contributed by atoms with Crippen molar-refractivity contribution in [3.63, 3.8) is 0 Å². The van der Waals surface area contributed by atoms with Crippen molar-refractivity contribution in [3.8, 4) is 80.0 Å². The first kappa shape index (κ1) is 114. The molecule has 0 spiro atoms. The van der Waals surface area contributed by atoms with Gasteiger partial charge in [0.1, 0.15) is 22.6 Å². The van der Waals surface area contributed by atoms with Crippen molar-refractivity contribution in [2.45, 2.75) is 248 Å². The lowest BCUT2D eigenvalue weighted by molar-refractivity contribution is -0.0348. The van der Waals surface area contributed by atoms with E-state index in [1.165, 1.54) is 165 Å². The van der Waals surface area contributed by atoms with Gasteiger partial charge in [-0.1, -0.05) is 181 Å². The van der Waals surface area contributed by atoms with Crippen molar-refractivity contribution in [1.29, 1.82) is 0 Å². The van der Waals surface area contributed by atoms with Gasteiger partial charge in [0, 0.05) is 83.4 Å². The molecular formula is C106H166N8O24. The van der Waals surface area contributed by atoms with E-state index in [1.807, 2.05) is 77.9 Å². The fourth-order valence-corrected chi connectivity index (χ4v) is 16.0. The van der Waals surface area contributed by atoms with Crippen molar-refractivity contribution < 1.29 is 114 Å². The molecule has 0 amide bonds. The van der Waals surface area contributed by atoms with Crippen LogP contribution in [0.1, 0.15) is 246 Å². The Balaban J connectivity index is 1.24. The summed E-state index contributed by atoms with van der Waals surface area (Å²) in [5.41, 5.74) is 6.50. The van der Waals surface area contributed by atoms with Crippen LogP contribution >= 0.6 is 0 Å². The molecule has 774 valence electrons. The summed E-state index contributed by atoms with van der Waals surface area (Å²) in [5, 5.41) is 2.79. The van der Waals surface area contributed by atoms with Gasteiger partial charge in [-0.2, -0.15) is 0 Å². The van der Waals surface area contributed by atoms with Crippen molar-refractivity contribution >= 4 is 44.1 Å². The second-order valence-corrected chi connectivity index (χ2v) is 33.9. The smallest absolute Gasteiger partial charge is 0.189 e. The number of hydrogen-bond donors (Lipinski definition) is 2. The zero-order chi connectivity index (χ0) is 96.8. The standard InChI is InChI=1S/C106H166N8O24/c1-9-17-19-21-23-25-27-29-31-33-35-37-39-41-43-83-69-85-86(70-84(83)44-42-40-38-36-34-32-30-28-26-24-22-20-18-10-2)100-107-99(85)108-101-87-71-93(133-77-127-63-57-121-51-45-115-11-3)95(135-79-129-65-59-123-53-47-117-13-5)73-89(87)103(110-101)112-105-91-75-97(137-81-131-67-61-125-55-49-119-15-7)98(138-82-132-68-62-126-56-50-120-16-8)76-92(91)106(114-105)113-104-90-74-96(136-80-130-66-60-124-54-48-118-14-6)94(72-88(90)102(109-100)111-104)134-78-128-64-58-122-52-46-116-12-4/h69-76H,9-68,77-82H2,1-8H3,(H2,107,108,109,110,111,112,113,114). The summed E-state index contributed by atoms with van der Waals surface area (Å²) in [5.74, 6) is 3.03. The molecule has 32 heteroatoms. The van der Waals surface area contributed by atoms with Gasteiger partial charge in [0.25, 0.3) is 0 Å². The molecule has 5 heterocycles. The molecule has 4 aromatic carbocycles. The maximum Gasteiger partial charge on any atom is 0.189 e. The fraction of sp³-hybridized carbons (Fsp3) is 0.698. The summed E-state index contributed by atoms with van der Waals surface area (Å²) in [6, 6.07) is 15.8. The van der Waals surface area contributed by atoms with Gasteiger partial charge >= 0.3 is 0 Å². The third-order valence-corrected chi connectivity index (χ3v) is 23.4. The van der Waals surface area contributed by atoms with Crippen LogP contribution in [0, 0.1) is 0 Å². The van der Waals surface area contributed by atoms with Gasteiger partial charge in [0.15, 0.2) is 98.6 Å². The second-order valence-electron chi connectivity index (χ2n) is 33.9. The molecule has 0 atom stereocenters. The van der Waals surface area contributed by atoms with E-state index in [4.69, 9.17) is 144 Å².